The fourth-order valence-electron chi connectivity index (χ4n) is 2.89. The molecule has 1 aliphatic rings. The van der Waals surface area contributed by atoms with E-state index in [1.165, 1.54) is 25.7 Å². The maximum absolute atomic E-state index is 5.90. The van der Waals surface area contributed by atoms with Gasteiger partial charge >= 0.3 is 0 Å². The first-order chi connectivity index (χ1) is 8.76. The summed E-state index contributed by atoms with van der Waals surface area (Å²) < 4.78 is 5.18. The van der Waals surface area contributed by atoms with Crippen molar-refractivity contribution in [3.63, 3.8) is 0 Å². The Hall–Kier alpha value is -1.29. The van der Waals surface area contributed by atoms with Crippen LogP contribution in [0, 0.1) is 5.92 Å². The standard InChI is InChI=1S/C14H23N3O/c1-17(12-7-8-16-14(9-12)18-2)13-6-4-3-5-11(13)10-15/h7-9,11,13H,3-6,10,15H2,1-2H3. The van der Waals surface area contributed by atoms with Crippen molar-refractivity contribution in [2.75, 3.05) is 25.6 Å². The van der Waals surface area contributed by atoms with Gasteiger partial charge in [-0.3, -0.25) is 0 Å². The average molecular weight is 249 g/mol. The van der Waals surface area contributed by atoms with Crippen molar-refractivity contribution >= 4 is 5.69 Å². The lowest BCUT2D eigenvalue weighted by molar-refractivity contribution is 0.306. The van der Waals surface area contributed by atoms with Gasteiger partial charge in [0, 0.05) is 31.0 Å². The third-order valence-electron chi connectivity index (χ3n) is 4.00. The van der Waals surface area contributed by atoms with Gasteiger partial charge in [0.05, 0.1) is 7.11 Å². The molecule has 1 fully saturated rings. The molecule has 2 N–H and O–H groups in total. The van der Waals surface area contributed by atoms with E-state index in [-0.39, 0.29) is 0 Å². The van der Waals surface area contributed by atoms with Crippen molar-refractivity contribution in [1.29, 1.82) is 0 Å². The molecule has 2 unspecified atom stereocenters. The Morgan fingerprint density at radius 1 is 1.44 bits per heavy atom. The van der Waals surface area contributed by atoms with E-state index in [1.54, 1.807) is 13.3 Å². The maximum atomic E-state index is 5.90. The molecule has 1 saturated carbocycles. The Morgan fingerprint density at radius 2 is 2.22 bits per heavy atom. The Bertz CT molecular complexity index is 383. The normalized spacial score (nSPS) is 23.7. The number of anilines is 1. The predicted octanol–water partition coefficient (Wildman–Crippen LogP) is 2.04. The van der Waals surface area contributed by atoms with Gasteiger partial charge in [-0.15, -0.1) is 0 Å². The molecule has 0 bridgehead atoms. The second-order valence-electron chi connectivity index (χ2n) is 5.01. The topological polar surface area (TPSA) is 51.4 Å². The monoisotopic (exact) mass is 249 g/mol. The van der Waals surface area contributed by atoms with Gasteiger partial charge < -0.3 is 15.4 Å². The van der Waals surface area contributed by atoms with Gasteiger partial charge in [0.25, 0.3) is 0 Å². The van der Waals surface area contributed by atoms with E-state index >= 15 is 0 Å². The molecule has 0 aliphatic heterocycles. The molecule has 0 amide bonds. The molecule has 4 heteroatoms. The minimum absolute atomic E-state index is 0.538. The van der Waals surface area contributed by atoms with Crippen molar-refractivity contribution in [2.24, 2.45) is 11.7 Å². The number of nitrogens with two attached hydrogens (primary N) is 1. The zero-order chi connectivity index (χ0) is 13.0. The van der Waals surface area contributed by atoms with Crippen LogP contribution in [0.2, 0.25) is 0 Å². The van der Waals surface area contributed by atoms with Gasteiger partial charge in [-0.05, 0) is 31.4 Å². The molecule has 1 heterocycles. The van der Waals surface area contributed by atoms with Gasteiger partial charge in [-0.25, -0.2) is 4.98 Å². The lowest BCUT2D eigenvalue weighted by Crippen LogP contribution is -2.43. The Morgan fingerprint density at radius 3 is 2.94 bits per heavy atom. The van der Waals surface area contributed by atoms with Crippen LogP contribution in [0.15, 0.2) is 18.3 Å². The molecule has 2 atom stereocenters. The van der Waals surface area contributed by atoms with Crippen molar-refractivity contribution in [3.8, 4) is 5.88 Å². The summed E-state index contributed by atoms with van der Waals surface area (Å²) in [6.07, 6.45) is 6.88. The summed E-state index contributed by atoms with van der Waals surface area (Å²) in [7, 11) is 3.79. The van der Waals surface area contributed by atoms with Crippen LogP contribution in [-0.2, 0) is 0 Å². The first-order valence-electron chi connectivity index (χ1n) is 6.69. The zero-order valence-corrected chi connectivity index (χ0v) is 11.3. The summed E-state index contributed by atoms with van der Waals surface area (Å²) in [4.78, 5) is 6.49. The van der Waals surface area contributed by atoms with Gasteiger partial charge in [-0.2, -0.15) is 0 Å². The van der Waals surface area contributed by atoms with E-state index in [0.29, 0.717) is 17.8 Å². The number of pyridine rings is 1. The lowest BCUT2D eigenvalue weighted by atomic mass is 9.83. The number of hydrogen-bond acceptors (Lipinski definition) is 4. The first-order valence-corrected chi connectivity index (χ1v) is 6.69. The van der Waals surface area contributed by atoms with Crippen LogP contribution in [0.5, 0.6) is 5.88 Å². The van der Waals surface area contributed by atoms with Crippen LogP contribution >= 0.6 is 0 Å². The van der Waals surface area contributed by atoms with Crippen LogP contribution in [0.3, 0.4) is 0 Å². The smallest absolute Gasteiger partial charge is 0.214 e. The molecule has 1 aromatic heterocycles. The van der Waals surface area contributed by atoms with Crippen molar-refractivity contribution in [3.05, 3.63) is 18.3 Å². The Labute approximate surface area is 109 Å². The van der Waals surface area contributed by atoms with Crippen LogP contribution in [-0.4, -0.2) is 31.7 Å². The highest BCUT2D eigenvalue weighted by Gasteiger charge is 2.27. The SMILES string of the molecule is COc1cc(N(C)C2CCCCC2CN)ccn1. The molecule has 0 spiro atoms. The van der Waals surface area contributed by atoms with Crippen molar-refractivity contribution in [2.45, 2.75) is 31.7 Å². The van der Waals surface area contributed by atoms with Crippen LogP contribution in [0.1, 0.15) is 25.7 Å². The summed E-state index contributed by atoms with van der Waals surface area (Å²) in [5, 5.41) is 0. The molecule has 1 aromatic rings. The van der Waals surface area contributed by atoms with Crippen LogP contribution in [0.25, 0.3) is 0 Å². The van der Waals surface area contributed by atoms with Gasteiger partial charge in [0.1, 0.15) is 0 Å². The second-order valence-corrected chi connectivity index (χ2v) is 5.01. The third kappa shape index (κ3) is 2.75. The number of aromatic nitrogens is 1. The summed E-state index contributed by atoms with van der Waals surface area (Å²) >= 11 is 0. The van der Waals surface area contributed by atoms with E-state index in [2.05, 4.69) is 16.9 Å². The van der Waals surface area contributed by atoms with Crippen LogP contribution < -0.4 is 15.4 Å². The van der Waals surface area contributed by atoms with E-state index < -0.39 is 0 Å². The molecular formula is C14H23N3O. The summed E-state index contributed by atoms with van der Waals surface area (Å²) in [5.74, 6) is 1.27. The summed E-state index contributed by atoms with van der Waals surface area (Å²) in [6, 6.07) is 4.56. The Balaban J connectivity index is 2.15. The zero-order valence-electron chi connectivity index (χ0n) is 11.3. The first kappa shape index (κ1) is 13.1. The Kier molecular flexibility index (Phi) is 4.42. The fraction of sp³-hybridized carbons (Fsp3) is 0.643. The minimum Gasteiger partial charge on any atom is -0.481 e. The summed E-state index contributed by atoms with van der Waals surface area (Å²) in [6.45, 7) is 0.775. The molecule has 0 saturated heterocycles. The number of hydrogen-bond donors (Lipinski definition) is 1. The molecular weight excluding hydrogens is 226 g/mol. The lowest BCUT2D eigenvalue weighted by Gasteiger charge is -2.38. The van der Waals surface area contributed by atoms with Gasteiger partial charge in [0.2, 0.25) is 5.88 Å². The van der Waals surface area contributed by atoms with E-state index in [4.69, 9.17) is 10.5 Å². The molecule has 18 heavy (non-hydrogen) atoms. The van der Waals surface area contributed by atoms with E-state index in [1.807, 2.05) is 12.1 Å². The quantitative estimate of drug-likeness (QED) is 0.887. The molecule has 4 nitrogen and oxygen atoms in total. The van der Waals surface area contributed by atoms with E-state index in [9.17, 15) is 0 Å². The number of ether oxygens (including phenoxy) is 1. The largest absolute Gasteiger partial charge is 0.481 e. The highest BCUT2D eigenvalue weighted by Crippen LogP contribution is 2.30. The van der Waals surface area contributed by atoms with Crippen LogP contribution in [0.4, 0.5) is 5.69 Å². The molecule has 2 rings (SSSR count). The third-order valence-corrected chi connectivity index (χ3v) is 4.00. The molecule has 0 radical (unpaired) electrons. The van der Waals surface area contributed by atoms with Gasteiger partial charge in [-0.1, -0.05) is 12.8 Å². The maximum Gasteiger partial charge on any atom is 0.214 e. The molecule has 1 aliphatic carbocycles. The van der Waals surface area contributed by atoms with Crippen molar-refractivity contribution < 1.29 is 4.74 Å². The molecule has 100 valence electrons. The minimum atomic E-state index is 0.538. The fourth-order valence-corrected chi connectivity index (χ4v) is 2.89. The number of rotatable bonds is 4. The second kappa shape index (κ2) is 6.05. The number of methoxy groups -OCH3 is 1. The predicted molar refractivity (Wildman–Crippen MR) is 74.0 cm³/mol. The summed E-state index contributed by atoms with van der Waals surface area (Å²) in [5.41, 5.74) is 7.06. The average Bonchev–Trinajstić information content (AvgIpc) is 2.46. The number of nitrogens with zero attached hydrogens (tertiary/aromatic N) is 2. The molecule has 0 aromatic carbocycles. The highest BCUT2D eigenvalue weighted by atomic mass is 16.5. The van der Waals surface area contributed by atoms with E-state index in [0.717, 1.165) is 12.2 Å². The van der Waals surface area contributed by atoms with Crippen molar-refractivity contribution in [1.82, 2.24) is 4.98 Å². The highest BCUT2D eigenvalue weighted by molar-refractivity contribution is 5.48. The van der Waals surface area contributed by atoms with Gasteiger partial charge in [0.15, 0.2) is 0 Å².